The highest BCUT2D eigenvalue weighted by molar-refractivity contribution is 5.68. The lowest BCUT2D eigenvalue weighted by Gasteiger charge is -2.25. The van der Waals surface area contributed by atoms with Gasteiger partial charge in [0.1, 0.15) is 11.4 Å². The summed E-state index contributed by atoms with van der Waals surface area (Å²) >= 11 is 0. The van der Waals surface area contributed by atoms with Gasteiger partial charge < -0.3 is 14.8 Å². The lowest BCUT2D eigenvalue weighted by molar-refractivity contribution is -0.139. The minimum Gasteiger partial charge on any atom is -0.492 e. The van der Waals surface area contributed by atoms with Crippen LogP contribution in [0.2, 0.25) is 0 Å². The van der Waals surface area contributed by atoms with Gasteiger partial charge in [-0.05, 0) is 46.6 Å². The molecule has 1 aromatic rings. The Hall–Kier alpha value is -2.43. The molecular weight excluding hydrogens is 373 g/mol. The topological polar surface area (TPSA) is 71.3 Å². The van der Waals surface area contributed by atoms with E-state index in [2.05, 4.69) is 11.4 Å². The molecule has 1 aliphatic rings. The molecule has 1 aliphatic carbocycles. The number of para-hydroxylation sites is 1. The molecule has 0 heterocycles. The van der Waals surface area contributed by atoms with Crippen LogP contribution in [0.3, 0.4) is 0 Å². The quantitative estimate of drug-likeness (QED) is 0.700. The van der Waals surface area contributed by atoms with Crippen LogP contribution in [0.25, 0.3) is 0 Å². The van der Waals surface area contributed by atoms with Crippen molar-refractivity contribution in [2.75, 3.05) is 6.61 Å². The smallest absolute Gasteiger partial charge is 0.419 e. The van der Waals surface area contributed by atoms with Gasteiger partial charge in [0, 0.05) is 17.4 Å². The van der Waals surface area contributed by atoms with E-state index in [0.29, 0.717) is 0 Å². The molecule has 1 fully saturated rings. The van der Waals surface area contributed by atoms with Crippen LogP contribution in [0.15, 0.2) is 18.2 Å². The molecule has 28 heavy (non-hydrogen) atoms. The number of alkyl halides is 3. The van der Waals surface area contributed by atoms with E-state index in [1.807, 2.05) is 0 Å². The Morgan fingerprint density at radius 3 is 2.46 bits per heavy atom. The second kappa shape index (κ2) is 7.90. The lowest BCUT2D eigenvalue weighted by atomic mass is 10.0. The summed E-state index contributed by atoms with van der Waals surface area (Å²) in [4.78, 5) is 12.0. The van der Waals surface area contributed by atoms with Gasteiger partial charge in [0.05, 0.1) is 24.3 Å². The van der Waals surface area contributed by atoms with Crippen molar-refractivity contribution < 1.29 is 27.4 Å². The summed E-state index contributed by atoms with van der Waals surface area (Å²) in [6.45, 7) is 6.68. The molecule has 5 nitrogen and oxygen atoms in total. The van der Waals surface area contributed by atoms with E-state index < -0.39 is 29.5 Å². The van der Waals surface area contributed by atoms with Crippen LogP contribution in [0.4, 0.5) is 18.0 Å². The molecule has 1 aromatic carbocycles. The first-order valence-electron chi connectivity index (χ1n) is 9.06. The maximum absolute atomic E-state index is 13.5. The number of nitrogens with one attached hydrogen (secondary N) is 1. The van der Waals surface area contributed by atoms with Gasteiger partial charge in [-0.2, -0.15) is 18.4 Å². The maximum atomic E-state index is 13.5. The number of benzene rings is 1. The standard InChI is InChI=1S/C20H25F3N2O3/c1-13(25-17(26)28-18(2,3)4)14-6-5-7-15(20(21,22)23)16(14)27-12-19(8-9-19)10-11-24/h5-7,13H,8-10,12H2,1-4H3,(H,25,26)/t13-/m1/s1. The van der Waals surface area contributed by atoms with Crippen molar-refractivity contribution in [1.82, 2.24) is 5.32 Å². The first-order chi connectivity index (χ1) is 12.9. The van der Waals surface area contributed by atoms with E-state index in [1.54, 1.807) is 27.7 Å². The third kappa shape index (κ3) is 5.78. The second-order valence-corrected chi connectivity index (χ2v) is 8.21. The minimum absolute atomic E-state index is 0.0276. The summed E-state index contributed by atoms with van der Waals surface area (Å²) in [5, 5.41) is 11.5. The highest BCUT2D eigenvalue weighted by Gasteiger charge is 2.44. The van der Waals surface area contributed by atoms with Gasteiger partial charge in [-0.3, -0.25) is 0 Å². The molecular formula is C20H25F3N2O3. The molecule has 0 unspecified atom stereocenters. The largest absolute Gasteiger partial charge is 0.492 e. The number of nitriles is 1. The number of ether oxygens (including phenoxy) is 2. The van der Waals surface area contributed by atoms with E-state index in [9.17, 15) is 18.0 Å². The van der Waals surface area contributed by atoms with Crippen molar-refractivity contribution >= 4 is 6.09 Å². The predicted molar refractivity (Wildman–Crippen MR) is 96.6 cm³/mol. The summed E-state index contributed by atoms with van der Waals surface area (Å²) in [7, 11) is 0. The van der Waals surface area contributed by atoms with Crippen molar-refractivity contribution in [3.63, 3.8) is 0 Å². The van der Waals surface area contributed by atoms with Crippen LogP contribution >= 0.6 is 0 Å². The third-order valence-electron chi connectivity index (χ3n) is 4.48. The summed E-state index contributed by atoms with van der Waals surface area (Å²) in [5.41, 5.74) is -1.82. The first kappa shape index (κ1) is 21.9. The first-order valence-corrected chi connectivity index (χ1v) is 9.06. The highest BCUT2D eigenvalue weighted by Crippen LogP contribution is 2.50. The van der Waals surface area contributed by atoms with Crippen molar-refractivity contribution in [2.24, 2.45) is 5.41 Å². The van der Waals surface area contributed by atoms with Crippen LogP contribution in [0.1, 0.15) is 64.1 Å². The van der Waals surface area contributed by atoms with E-state index in [4.69, 9.17) is 14.7 Å². The van der Waals surface area contributed by atoms with Crippen LogP contribution in [-0.2, 0) is 10.9 Å². The molecule has 0 aromatic heterocycles. The monoisotopic (exact) mass is 398 g/mol. The zero-order valence-electron chi connectivity index (χ0n) is 16.4. The Bertz CT molecular complexity index is 759. The van der Waals surface area contributed by atoms with E-state index in [-0.39, 0.29) is 29.8 Å². The van der Waals surface area contributed by atoms with Gasteiger partial charge in [0.15, 0.2) is 0 Å². The maximum Gasteiger partial charge on any atom is 0.419 e. The van der Waals surface area contributed by atoms with Crippen molar-refractivity contribution in [3.8, 4) is 11.8 Å². The average Bonchev–Trinajstić information content (AvgIpc) is 3.30. The summed E-state index contributed by atoms with van der Waals surface area (Å²) < 4.78 is 51.3. The molecule has 0 spiro atoms. The summed E-state index contributed by atoms with van der Waals surface area (Å²) in [6, 6.07) is 5.00. The minimum atomic E-state index is -4.61. The molecule has 1 atom stereocenters. The van der Waals surface area contributed by atoms with Gasteiger partial charge in [-0.1, -0.05) is 12.1 Å². The number of alkyl carbamates (subject to hydrolysis) is 1. The molecule has 0 saturated heterocycles. The van der Waals surface area contributed by atoms with Crippen molar-refractivity contribution in [2.45, 2.75) is 64.8 Å². The molecule has 0 bridgehead atoms. The molecule has 1 amide bonds. The number of hydrogen-bond donors (Lipinski definition) is 1. The van der Waals surface area contributed by atoms with Crippen LogP contribution in [0, 0.1) is 16.7 Å². The van der Waals surface area contributed by atoms with Gasteiger partial charge in [0.25, 0.3) is 0 Å². The zero-order valence-corrected chi connectivity index (χ0v) is 16.4. The molecule has 1 saturated carbocycles. The Morgan fingerprint density at radius 2 is 1.96 bits per heavy atom. The summed E-state index contributed by atoms with van der Waals surface area (Å²) in [6.07, 6.45) is -3.61. The van der Waals surface area contributed by atoms with E-state index in [1.165, 1.54) is 12.1 Å². The third-order valence-corrected chi connectivity index (χ3v) is 4.48. The normalized spacial score (nSPS) is 16.6. The van der Waals surface area contributed by atoms with Gasteiger partial charge in [0.2, 0.25) is 0 Å². The fourth-order valence-electron chi connectivity index (χ4n) is 2.78. The number of rotatable bonds is 6. The number of amides is 1. The molecule has 1 N–H and O–H groups in total. The van der Waals surface area contributed by atoms with Gasteiger partial charge in [-0.15, -0.1) is 0 Å². The second-order valence-electron chi connectivity index (χ2n) is 8.21. The lowest BCUT2D eigenvalue weighted by Crippen LogP contribution is -2.34. The summed E-state index contributed by atoms with van der Waals surface area (Å²) in [5.74, 6) is -0.317. The van der Waals surface area contributed by atoms with Crippen molar-refractivity contribution in [3.05, 3.63) is 29.3 Å². The predicted octanol–water partition coefficient (Wildman–Crippen LogP) is 5.36. The number of halogens is 3. The number of carbonyl (C=O) groups is 1. The van der Waals surface area contributed by atoms with Crippen LogP contribution < -0.4 is 10.1 Å². The van der Waals surface area contributed by atoms with E-state index in [0.717, 1.165) is 18.9 Å². The Balaban J connectivity index is 2.27. The number of hydrogen-bond acceptors (Lipinski definition) is 4. The molecule has 154 valence electrons. The van der Waals surface area contributed by atoms with Crippen LogP contribution in [0.5, 0.6) is 5.75 Å². The van der Waals surface area contributed by atoms with Crippen molar-refractivity contribution in [1.29, 1.82) is 5.26 Å². The Labute approximate surface area is 162 Å². The van der Waals surface area contributed by atoms with Gasteiger partial charge in [-0.25, -0.2) is 4.79 Å². The molecule has 0 radical (unpaired) electrons. The van der Waals surface area contributed by atoms with Crippen LogP contribution in [-0.4, -0.2) is 18.3 Å². The SMILES string of the molecule is C[C@@H](NC(=O)OC(C)(C)C)c1cccc(C(F)(F)F)c1OCC1(CC#N)CC1. The average molecular weight is 398 g/mol. The fourth-order valence-corrected chi connectivity index (χ4v) is 2.78. The fraction of sp³-hybridized carbons (Fsp3) is 0.600. The Morgan fingerprint density at radius 1 is 1.32 bits per heavy atom. The molecule has 0 aliphatic heterocycles. The highest BCUT2D eigenvalue weighted by atomic mass is 19.4. The Kier molecular flexibility index (Phi) is 6.17. The number of carbonyl (C=O) groups excluding carboxylic acids is 1. The van der Waals surface area contributed by atoms with Gasteiger partial charge >= 0.3 is 12.3 Å². The molecule has 2 rings (SSSR count). The molecule has 8 heteroatoms. The zero-order chi connectivity index (χ0) is 21.2. The number of nitrogens with zero attached hydrogens (tertiary/aromatic N) is 1. The van der Waals surface area contributed by atoms with E-state index >= 15 is 0 Å².